The predicted octanol–water partition coefficient (Wildman–Crippen LogP) is -0.229. The average molecular weight is 257 g/mol. The van der Waals surface area contributed by atoms with Crippen molar-refractivity contribution in [2.75, 3.05) is 19.6 Å². The van der Waals surface area contributed by atoms with Crippen molar-refractivity contribution < 1.29 is 19.5 Å². The molecule has 0 aliphatic carbocycles. The highest BCUT2D eigenvalue weighted by Gasteiger charge is 2.23. The highest BCUT2D eigenvalue weighted by Crippen LogP contribution is 2.01. The van der Waals surface area contributed by atoms with Gasteiger partial charge in [0.05, 0.1) is 0 Å². The molecule has 1 aliphatic heterocycles. The summed E-state index contributed by atoms with van der Waals surface area (Å²) < 4.78 is 0. The molecule has 1 atom stereocenters. The number of carbonyl (C=O) groups is 3. The van der Waals surface area contributed by atoms with Crippen LogP contribution in [0.5, 0.6) is 0 Å². The lowest BCUT2D eigenvalue weighted by Gasteiger charge is -2.22. The first-order valence-electron chi connectivity index (χ1n) is 6.09. The Balaban J connectivity index is 2.52. The minimum absolute atomic E-state index is 0.0892. The molecule has 0 aromatic heterocycles. The minimum Gasteiger partial charge on any atom is -0.480 e. The Morgan fingerprint density at radius 1 is 1.50 bits per heavy atom. The molecule has 0 radical (unpaired) electrons. The summed E-state index contributed by atoms with van der Waals surface area (Å²) in [6, 6.07) is -1.29. The van der Waals surface area contributed by atoms with Crippen LogP contribution in [0.4, 0.5) is 4.79 Å². The molecule has 0 bridgehead atoms. The van der Waals surface area contributed by atoms with Crippen LogP contribution in [0, 0.1) is 0 Å². The van der Waals surface area contributed by atoms with E-state index in [1.165, 1.54) is 4.90 Å². The molecule has 0 aromatic rings. The van der Waals surface area contributed by atoms with Gasteiger partial charge in [0.1, 0.15) is 6.04 Å². The fraction of sp³-hybridized carbons (Fsp3) is 0.727. The van der Waals surface area contributed by atoms with E-state index < -0.39 is 18.0 Å². The Hall–Kier alpha value is -1.79. The van der Waals surface area contributed by atoms with Gasteiger partial charge < -0.3 is 20.6 Å². The smallest absolute Gasteiger partial charge is 0.326 e. The lowest BCUT2D eigenvalue weighted by Crippen LogP contribution is -2.48. The summed E-state index contributed by atoms with van der Waals surface area (Å²) in [6.07, 6.45) is 1.32. The molecule has 18 heavy (non-hydrogen) atoms. The van der Waals surface area contributed by atoms with Crippen molar-refractivity contribution >= 4 is 17.9 Å². The Labute approximate surface area is 106 Å². The molecular weight excluding hydrogens is 238 g/mol. The molecular formula is C11H19N3O4. The van der Waals surface area contributed by atoms with Crippen LogP contribution in [0.15, 0.2) is 0 Å². The summed E-state index contributed by atoms with van der Waals surface area (Å²) in [4.78, 5) is 35.4. The second-order valence-corrected chi connectivity index (χ2v) is 4.22. The van der Waals surface area contributed by atoms with Gasteiger partial charge >= 0.3 is 12.0 Å². The number of hydrogen-bond donors (Lipinski definition) is 3. The number of carbonyl (C=O) groups excluding carboxylic acids is 2. The third kappa shape index (κ3) is 4.23. The van der Waals surface area contributed by atoms with E-state index >= 15 is 0 Å². The van der Waals surface area contributed by atoms with Crippen LogP contribution in [0.25, 0.3) is 0 Å². The second-order valence-electron chi connectivity index (χ2n) is 4.22. The number of urea groups is 1. The lowest BCUT2D eigenvalue weighted by molar-refractivity contribution is -0.139. The SMILES string of the molecule is CCC[C@H](NC(=O)N1CCNC(=O)CC1)C(=O)O. The number of hydrogen-bond acceptors (Lipinski definition) is 3. The number of nitrogens with zero attached hydrogens (tertiary/aromatic N) is 1. The summed E-state index contributed by atoms with van der Waals surface area (Å²) in [5.41, 5.74) is 0. The third-order valence-corrected chi connectivity index (χ3v) is 2.77. The third-order valence-electron chi connectivity index (χ3n) is 2.77. The van der Waals surface area contributed by atoms with E-state index in [9.17, 15) is 14.4 Å². The lowest BCUT2D eigenvalue weighted by atomic mass is 10.2. The molecule has 1 rings (SSSR count). The summed E-state index contributed by atoms with van der Waals surface area (Å²) in [6.45, 7) is 2.97. The standard InChI is InChI=1S/C11H19N3O4/c1-2-3-8(10(16)17)13-11(18)14-6-4-9(15)12-5-7-14/h8H,2-7H2,1H3,(H,12,15)(H,13,18)(H,16,17)/t8-/m0/s1. The van der Waals surface area contributed by atoms with Gasteiger partial charge in [0.15, 0.2) is 0 Å². The topological polar surface area (TPSA) is 98.7 Å². The quantitative estimate of drug-likeness (QED) is 0.648. The molecule has 3 amide bonds. The van der Waals surface area contributed by atoms with Crippen molar-refractivity contribution in [2.45, 2.75) is 32.2 Å². The van der Waals surface area contributed by atoms with Crippen LogP contribution in [0.3, 0.4) is 0 Å². The van der Waals surface area contributed by atoms with Crippen LogP contribution in [0.2, 0.25) is 0 Å². The summed E-state index contributed by atoms with van der Waals surface area (Å²) >= 11 is 0. The van der Waals surface area contributed by atoms with Gasteiger partial charge in [-0.25, -0.2) is 9.59 Å². The molecule has 102 valence electrons. The average Bonchev–Trinajstić information content (AvgIpc) is 2.53. The van der Waals surface area contributed by atoms with Crippen molar-refractivity contribution in [3.8, 4) is 0 Å². The number of rotatable bonds is 4. The van der Waals surface area contributed by atoms with E-state index in [1.54, 1.807) is 0 Å². The largest absolute Gasteiger partial charge is 0.480 e. The molecule has 0 spiro atoms. The zero-order valence-electron chi connectivity index (χ0n) is 10.4. The summed E-state index contributed by atoms with van der Waals surface area (Å²) in [5.74, 6) is -1.12. The van der Waals surface area contributed by atoms with Gasteiger partial charge in [0, 0.05) is 26.1 Å². The maximum Gasteiger partial charge on any atom is 0.326 e. The Morgan fingerprint density at radius 2 is 2.22 bits per heavy atom. The van der Waals surface area contributed by atoms with Crippen molar-refractivity contribution in [1.29, 1.82) is 0 Å². The monoisotopic (exact) mass is 257 g/mol. The molecule has 0 unspecified atom stereocenters. The zero-order valence-corrected chi connectivity index (χ0v) is 10.4. The number of carboxylic acid groups (broad SMARTS) is 1. The predicted molar refractivity (Wildman–Crippen MR) is 64.1 cm³/mol. The van der Waals surface area contributed by atoms with Gasteiger partial charge in [0.2, 0.25) is 5.91 Å². The fourth-order valence-electron chi connectivity index (χ4n) is 1.76. The molecule has 1 saturated heterocycles. The maximum atomic E-state index is 11.9. The highest BCUT2D eigenvalue weighted by molar-refractivity contribution is 5.83. The van der Waals surface area contributed by atoms with Gasteiger partial charge in [-0.1, -0.05) is 13.3 Å². The van der Waals surface area contributed by atoms with E-state index in [2.05, 4.69) is 10.6 Å². The molecule has 1 fully saturated rings. The Morgan fingerprint density at radius 3 is 2.83 bits per heavy atom. The first-order chi connectivity index (χ1) is 8.54. The molecule has 7 nitrogen and oxygen atoms in total. The van der Waals surface area contributed by atoms with Crippen molar-refractivity contribution in [3.63, 3.8) is 0 Å². The van der Waals surface area contributed by atoms with Gasteiger partial charge in [0.25, 0.3) is 0 Å². The van der Waals surface area contributed by atoms with Crippen molar-refractivity contribution in [1.82, 2.24) is 15.5 Å². The van der Waals surface area contributed by atoms with Crippen LogP contribution in [-0.2, 0) is 9.59 Å². The van der Waals surface area contributed by atoms with Crippen LogP contribution in [-0.4, -0.2) is 53.6 Å². The van der Waals surface area contributed by atoms with E-state index in [4.69, 9.17) is 5.11 Å². The van der Waals surface area contributed by atoms with E-state index in [0.717, 1.165) is 0 Å². The first kappa shape index (κ1) is 14.3. The van der Waals surface area contributed by atoms with Crippen LogP contribution in [0.1, 0.15) is 26.2 Å². The zero-order chi connectivity index (χ0) is 13.5. The molecule has 0 aromatic carbocycles. The number of nitrogens with one attached hydrogen (secondary N) is 2. The highest BCUT2D eigenvalue weighted by atomic mass is 16.4. The van der Waals surface area contributed by atoms with Gasteiger partial charge in [-0.15, -0.1) is 0 Å². The molecule has 1 heterocycles. The van der Waals surface area contributed by atoms with E-state index in [1.807, 2.05) is 6.92 Å². The second kappa shape index (κ2) is 6.83. The van der Waals surface area contributed by atoms with E-state index in [-0.39, 0.29) is 12.3 Å². The molecule has 3 N–H and O–H groups in total. The Kier molecular flexibility index (Phi) is 5.41. The van der Waals surface area contributed by atoms with Gasteiger partial charge in [-0.05, 0) is 6.42 Å². The molecule has 7 heteroatoms. The molecule has 0 saturated carbocycles. The normalized spacial score (nSPS) is 17.6. The van der Waals surface area contributed by atoms with Crippen molar-refractivity contribution in [3.05, 3.63) is 0 Å². The van der Waals surface area contributed by atoms with E-state index in [0.29, 0.717) is 32.5 Å². The number of carboxylic acids is 1. The summed E-state index contributed by atoms with van der Waals surface area (Å²) in [7, 11) is 0. The maximum absolute atomic E-state index is 11.9. The first-order valence-corrected chi connectivity index (χ1v) is 6.09. The van der Waals surface area contributed by atoms with Crippen molar-refractivity contribution in [2.24, 2.45) is 0 Å². The van der Waals surface area contributed by atoms with Gasteiger partial charge in [-0.2, -0.15) is 0 Å². The fourth-order valence-corrected chi connectivity index (χ4v) is 1.76. The summed E-state index contributed by atoms with van der Waals surface area (Å²) in [5, 5.41) is 14.1. The van der Waals surface area contributed by atoms with Crippen LogP contribution < -0.4 is 10.6 Å². The molecule has 1 aliphatic rings. The Bertz CT molecular complexity index is 332. The number of aliphatic carboxylic acids is 1. The minimum atomic E-state index is -1.03. The number of amides is 3. The van der Waals surface area contributed by atoms with Gasteiger partial charge in [-0.3, -0.25) is 4.79 Å². The van der Waals surface area contributed by atoms with Crippen LogP contribution >= 0.6 is 0 Å².